The van der Waals surface area contributed by atoms with E-state index in [-0.39, 0.29) is 5.28 Å². The predicted octanol–water partition coefficient (Wildman–Crippen LogP) is 3.03. The van der Waals surface area contributed by atoms with E-state index in [2.05, 4.69) is 21.4 Å². The Kier molecular flexibility index (Phi) is 2.90. The topological polar surface area (TPSA) is 61.6 Å². The fourth-order valence-electron chi connectivity index (χ4n) is 2.10. The van der Waals surface area contributed by atoms with E-state index >= 15 is 0 Å². The van der Waals surface area contributed by atoms with Gasteiger partial charge in [0, 0.05) is 24.0 Å². The summed E-state index contributed by atoms with van der Waals surface area (Å²) in [6, 6.07) is 11.8. The van der Waals surface area contributed by atoms with Crippen LogP contribution in [0.4, 0.5) is 5.69 Å². The second kappa shape index (κ2) is 4.71. The predicted molar refractivity (Wildman–Crippen MR) is 73.3 cm³/mol. The van der Waals surface area contributed by atoms with E-state index in [4.69, 9.17) is 11.6 Å². The quantitative estimate of drug-likeness (QED) is 0.638. The van der Waals surface area contributed by atoms with Gasteiger partial charge < -0.3 is 5.32 Å². The summed E-state index contributed by atoms with van der Waals surface area (Å²) in [6.07, 6.45) is 2.24. The first-order valence-electron chi connectivity index (χ1n) is 5.75. The van der Waals surface area contributed by atoms with Crippen molar-refractivity contribution in [3.05, 3.63) is 58.8 Å². The van der Waals surface area contributed by atoms with Gasteiger partial charge in [0.15, 0.2) is 0 Å². The minimum Gasteiger partial charge on any atom is -0.357 e. The second-order valence-corrected chi connectivity index (χ2v) is 4.47. The fraction of sp³-hybridized carbons (Fsp3) is 0.0714. The summed E-state index contributed by atoms with van der Waals surface area (Å²) in [4.78, 5) is 7.91. The first-order valence-corrected chi connectivity index (χ1v) is 6.13. The first-order chi connectivity index (χ1) is 9.28. The average Bonchev–Trinajstić information content (AvgIpc) is 2.83. The van der Waals surface area contributed by atoms with Crippen molar-refractivity contribution in [1.29, 1.82) is 5.26 Å². The Morgan fingerprint density at radius 3 is 2.89 bits per heavy atom. The molecule has 0 fully saturated rings. The van der Waals surface area contributed by atoms with Crippen molar-refractivity contribution in [3.63, 3.8) is 0 Å². The molecule has 4 nitrogen and oxygen atoms in total. The van der Waals surface area contributed by atoms with Crippen molar-refractivity contribution in [3.8, 4) is 6.07 Å². The van der Waals surface area contributed by atoms with Crippen LogP contribution < -0.4 is 5.32 Å². The zero-order chi connectivity index (χ0) is 13.2. The Hall–Kier alpha value is -2.38. The van der Waals surface area contributed by atoms with Crippen LogP contribution in [0, 0.1) is 11.3 Å². The van der Waals surface area contributed by atoms with E-state index in [0.717, 1.165) is 11.4 Å². The summed E-state index contributed by atoms with van der Waals surface area (Å²) in [5.41, 5.74) is 4.09. The molecule has 0 bridgehead atoms. The van der Waals surface area contributed by atoms with E-state index in [1.54, 1.807) is 12.3 Å². The molecule has 0 spiro atoms. The molecule has 0 unspecified atom stereocenters. The van der Waals surface area contributed by atoms with E-state index in [1.807, 2.05) is 24.3 Å². The summed E-state index contributed by atoms with van der Waals surface area (Å²) in [6.45, 7) is 0. The van der Waals surface area contributed by atoms with Crippen molar-refractivity contribution in [1.82, 2.24) is 9.97 Å². The monoisotopic (exact) mass is 268 g/mol. The third kappa shape index (κ3) is 2.16. The van der Waals surface area contributed by atoms with Crippen molar-refractivity contribution in [2.24, 2.45) is 0 Å². The molecule has 1 aromatic heterocycles. The van der Waals surface area contributed by atoms with Crippen LogP contribution in [-0.4, -0.2) is 9.97 Å². The van der Waals surface area contributed by atoms with Gasteiger partial charge >= 0.3 is 0 Å². The number of fused-ring (bicyclic) bond motifs is 1. The minimum absolute atomic E-state index is 0.140. The second-order valence-electron chi connectivity index (χ2n) is 4.14. The SMILES string of the molecule is N#C/C(=C1\Cc2ccccc2N1)c1ccnc(Cl)n1. The van der Waals surface area contributed by atoms with Gasteiger partial charge in [0.25, 0.3) is 0 Å². The average molecular weight is 269 g/mol. The molecule has 0 radical (unpaired) electrons. The lowest BCUT2D eigenvalue weighted by atomic mass is 10.1. The van der Waals surface area contributed by atoms with Gasteiger partial charge in [-0.05, 0) is 29.3 Å². The van der Waals surface area contributed by atoms with Crippen LogP contribution in [0.1, 0.15) is 11.3 Å². The van der Waals surface area contributed by atoms with Gasteiger partial charge in [0.05, 0.1) is 11.3 Å². The summed E-state index contributed by atoms with van der Waals surface area (Å²) in [7, 11) is 0. The Morgan fingerprint density at radius 1 is 1.32 bits per heavy atom. The van der Waals surface area contributed by atoms with Crippen molar-refractivity contribution in [2.45, 2.75) is 6.42 Å². The van der Waals surface area contributed by atoms with E-state index in [0.29, 0.717) is 17.7 Å². The molecular formula is C14H9ClN4. The molecule has 2 heterocycles. The number of halogens is 1. The number of benzene rings is 1. The number of aromatic nitrogens is 2. The zero-order valence-electron chi connectivity index (χ0n) is 9.89. The maximum Gasteiger partial charge on any atom is 0.222 e. The first kappa shape index (κ1) is 11.7. The van der Waals surface area contributed by atoms with Crippen molar-refractivity contribution in [2.75, 3.05) is 5.32 Å². The zero-order valence-corrected chi connectivity index (χ0v) is 10.6. The number of allylic oxidation sites excluding steroid dienone is 2. The molecule has 0 aliphatic carbocycles. The van der Waals surface area contributed by atoms with Gasteiger partial charge in [-0.2, -0.15) is 5.26 Å². The molecule has 0 saturated carbocycles. The minimum atomic E-state index is 0.140. The molecule has 19 heavy (non-hydrogen) atoms. The van der Waals surface area contributed by atoms with Gasteiger partial charge in [0.2, 0.25) is 5.28 Å². The molecule has 3 rings (SSSR count). The number of rotatable bonds is 1. The van der Waals surface area contributed by atoms with Crippen LogP contribution in [0.25, 0.3) is 5.57 Å². The highest BCUT2D eigenvalue weighted by Gasteiger charge is 2.19. The normalized spacial score (nSPS) is 15.4. The molecule has 0 atom stereocenters. The summed E-state index contributed by atoms with van der Waals surface area (Å²) in [5.74, 6) is 0. The number of hydrogen-bond donors (Lipinski definition) is 1. The van der Waals surface area contributed by atoms with E-state index < -0.39 is 0 Å². The molecule has 1 N–H and O–H groups in total. The van der Waals surface area contributed by atoms with E-state index in [9.17, 15) is 5.26 Å². The highest BCUT2D eigenvalue weighted by Crippen LogP contribution is 2.31. The maximum atomic E-state index is 9.36. The molecule has 0 saturated heterocycles. The Labute approximate surface area is 115 Å². The van der Waals surface area contributed by atoms with Crippen LogP contribution in [0.2, 0.25) is 5.28 Å². The molecule has 5 heteroatoms. The highest BCUT2D eigenvalue weighted by atomic mass is 35.5. The lowest BCUT2D eigenvalue weighted by Gasteiger charge is -2.04. The largest absolute Gasteiger partial charge is 0.357 e. The van der Waals surface area contributed by atoms with Gasteiger partial charge in [-0.3, -0.25) is 0 Å². The van der Waals surface area contributed by atoms with Crippen LogP contribution >= 0.6 is 11.6 Å². The smallest absolute Gasteiger partial charge is 0.222 e. The Balaban J connectivity index is 2.06. The van der Waals surface area contributed by atoms with Crippen LogP contribution in [0.5, 0.6) is 0 Å². The Morgan fingerprint density at radius 2 is 2.16 bits per heavy atom. The number of nitrogens with one attached hydrogen (secondary N) is 1. The third-order valence-electron chi connectivity index (χ3n) is 2.97. The lowest BCUT2D eigenvalue weighted by molar-refractivity contribution is 1.13. The third-order valence-corrected chi connectivity index (χ3v) is 3.15. The molecular weight excluding hydrogens is 260 g/mol. The van der Waals surface area contributed by atoms with Crippen LogP contribution in [0.15, 0.2) is 42.2 Å². The number of hydrogen-bond acceptors (Lipinski definition) is 4. The molecule has 1 aromatic carbocycles. The van der Waals surface area contributed by atoms with Crippen LogP contribution in [0.3, 0.4) is 0 Å². The molecule has 1 aliphatic heterocycles. The number of anilines is 1. The Bertz CT molecular complexity index is 688. The standard InChI is InChI=1S/C14H9ClN4/c15-14-17-6-5-12(19-14)10(8-16)13-7-9-3-1-2-4-11(9)18-13/h1-6,18H,7H2/b13-10-. The van der Waals surface area contributed by atoms with Crippen molar-refractivity contribution >= 4 is 22.9 Å². The van der Waals surface area contributed by atoms with Crippen LogP contribution in [-0.2, 0) is 6.42 Å². The van der Waals surface area contributed by atoms with E-state index in [1.165, 1.54) is 5.56 Å². The van der Waals surface area contributed by atoms with Gasteiger partial charge in [-0.15, -0.1) is 0 Å². The number of nitrogens with zero attached hydrogens (tertiary/aromatic N) is 3. The highest BCUT2D eigenvalue weighted by molar-refractivity contribution is 6.28. The summed E-state index contributed by atoms with van der Waals surface area (Å²) >= 11 is 5.77. The van der Waals surface area contributed by atoms with Gasteiger partial charge in [-0.1, -0.05) is 18.2 Å². The fourth-order valence-corrected chi connectivity index (χ4v) is 2.25. The maximum absolute atomic E-state index is 9.36. The van der Waals surface area contributed by atoms with Gasteiger partial charge in [-0.25, -0.2) is 9.97 Å². The number of nitriles is 1. The van der Waals surface area contributed by atoms with Crippen molar-refractivity contribution < 1.29 is 0 Å². The number of para-hydroxylation sites is 1. The molecule has 0 amide bonds. The summed E-state index contributed by atoms with van der Waals surface area (Å²) in [5, 5.41) is 12.8. The summed E-state index contributed by atoms with van der Waals surface area (Å²) < 4.78 is 0. The molecule has 92 valence electrons. The van der Waals surface area contributed by atoms with Gasteiger partial charge in [0.1, 0.15) is 6.07 Å². The molecule has 2 aromatic rings. The lowest BCUT2D eigenvalue weighted by Crippen LogP contribution is -1.99. The molecule has 1 aliphatic rings.